The number of hydrogen-bond donors (Lipinski definition) is 1. The summed E-state index contributed by atoms with van der Waals surface area (Å²) in [6.45, 7) is 0.772. The maximum absolute atomic E-state index is 12.5. The lowest BCUT2D eigenvalue weighted by atomic mass is 10.1. The molecule has 0 radical (unpaired) electrons. The quantitative estimate of drug-likeness (QED) is 0.863. The molecule has 0 aromatic heterocycles. The second kappa shape index (κ2) is 6.48. The Kier molecular flexibility index (Phi) is 4.28. The van der Waals surface area contributed by atoms with E-state index in [4.69, 9.17) is 21.1 Å². The van der Waals surface area contributed by atoms with E-state index in [2.05, 4.69) is 4.72 Å². The second-order valence-corrected chi connectivity index (χ2v) is 8.40. The molecule has 1 aliphatic carbocycles. The van der Waals surface area contributed by atoms with Crippen molar-refractivity contribution in [1.29, 1.82) is 0 Å². The molecule has 26 heavy (non-hydrogen) atoms. The van der Waals surface area contributed by atoms with Gasteiger partial charge in [-0.1, -0.05) is 23.7 Å². The fourth-order valence-electron chi connectivity index (χ4n) is 3.05. The lowest BCUT2D eigenvalue weighted by Gasteiger charge is -2.18. The van der Waals surface area contributed by atoms with E-state index in [0.29, 0.717) is 36.2 Å². The Morgan fingerprint density at radius 2 is 1.85 bits per heavy atom. The van der Waals surface area contributed by atoms with E-state index in [1.165, 1.54) is 18.2 Å². The van der Waals surface area contributed by atoms with Crippen LogP contribution in [-0.2, 0) is 14.8 Å². The highest BCUT2D eigenvalue weighted by Gasteiger charge is 2.45. The van der Waals surface area contributed by atoms with E-state index in [1.807, 2.05) is 12.1 Å². The zero-order valence-electron chi connectivity index (χ0n) is 13.6. The smallest absolute Gasteiger partial charge is 0.264 e. The van der Waals surface area contributed by atoms with Crippen molar-refractivity contribution in [3.05, 3.63) is 53.1 Å². The molecule has 136 valence electrons. The number of carbonyl (C=O) groups excluding carboxylic acids is 1. The summed E-state index contributed by atoms with van der Waals surface area (Å²) in [7, 11) is -3.97. The first-order valence-electron chi connectivity index (χ1n) is 8.16. The fraction of sp³-hybridized carbons (Fsp3) is 0.278. The van der Waals surface area contributed by atoms with E-state index < -0.39 is 15.9 Å². The number of carbonyl (C=O) groups is 1. The van der Waals surface area contributed by atoms with Crippen LogP contribution in [0.3, 0.4) is 0 Å². The Labute approximate surface area is 156 Å². The summed E-state index contributed by atoms with van der Waals surface area (Å²) in [6, 6.07) is 11.6. The standard InChI is InChI=1S/C18H16ClNO5S/c19-12-3-1-2-11(8-12)14-10-15(14)18(21)20-26(22,23)13-4-5-16-17(9-13)25-7-6-24-16/h1-5,8-9,14-15H,6-7,10H2,(H,20,21)/t14-,15+/m1/s1. The van der Waals surface area contributed by atoms with Gasteiger partial charge in [0.25, 0.3) is 10.0 Å². The van der Waals surface area contributed by atoms with Crippen LogP contribution in [0.4, 0.5) is 0 Å². The molecule has 2 aliphatic rings. The molecule has 1 heterocycles. The van der Waals surface area contributed by atoms with Crippen molar-refractivity contribution >= 4 is 27.5 Å². The molecule has 1 saturated carbocycles. The SMILES string of the molecule is O=C(NS(=O)(=O)c1ccc2c(c1)OCCO2)[C@H]1C[C@@H]1c1cccc(Cl)c1. The Hall–Kier alpha value is -2.25. The molecule has 0 spiro atoms. The molecule has 0 saturated heterocycles. The molecular formula is C18H16ClNO5S. The lowest BCUT2D eigenvalue weighted by molar-refractivity contribution is -0.120. The van der Waals surface area contributed by atoms with Crippen molar-refractivity contribution in [2.24, 2.45) is 5.92 Å². The Balaban J connectivity index is 1.47. The number of amides is 1. The molecular weight excluding hydrogens is 378 g/mol. The molecule has 6 nitrogen and oxygen atoms in total. The van der Waals surface area contributed by atoms with Gasteiger partial charge in [0.05, 0.1) is 4.90 Å². The molecule has 1 aliphatic heterocycles. The van der Waals surface area contributed by atoms with Crippen LogP contribution in [0, 0.1) is 5.92 Å². The van der Waals surface area contributed by atoms with E-state index in [0.717, 1.165) is 5.56 Å². The second-order valence-electron chi connectivity index (χ2n) is 6.28. The molecule has 2 aromatic carbocycles. The maximum atomic E-state index is 12.5. The average Bonchev–Trinajstić information content (AvgIpc) is 3.42. The molecule has 1 amide bonds. The highest BCUT2D eigenvalue weighted by molar-refractivity contribution is 7.90. The van der Waals surface area contributed by atoms with E-state index >= 15 is 0 Å². The third-order valence-corrected chi connectivity index (χ3v) is 6.04. The number of rotatable bonds is 4. The summed E-state index contributed by atoms with van der Waals surface area (Å²) in [4.78, 5) is 12.3. The molecule has 1 fully saturated rings. The predicted molar refractivity (Wildman–Crippen MR) is 95.1 cm³/mol. The summed E-state index contributed by atoms with van der Waals surface area (Å²) in [5.41, 5.74) is 0.939. The average molecular weight is 394 g/mol. The Bertz CT molecular complexity index is 975. The summed E-state index contributed by atoms with van der Waals surface area (Å²) in [5.74, 6) is -0.0472. The normalized spacial score (nSPS) is 21.1. The van der Waals surface area contributed by atoms with Gasteiger partial charge in [-0.3, -0.25) is 4.79 Å². The molecule has 2 aromatic rings. The predicted octanol–water partition coefficient (Wildman–Crippen LogP) is 2.72. The van der Waals surface area contributed by atoms with Gasteiger partial charge >= 0.3 is 0 Å². The van der Waals surface area contributed by atoms with Crippen molar-refractivity contribution in [1.82, 2.24) is 4.72 Å². The first-order valence-corrected chi connectivity index (χ1v) is 10.0. The zero-order chi connectivity index (χ0) is 18.3. The number of sulfonamides is 1. The number of hydrogen-bond acceptors (Lipinski definition) is 5. The molecule has 4 rings (SSSR count). The van der Waals surface area contributed by atoms with Crippen LogP contribution in [0.25, 0.3) is 0 Å². The van der Waals surface area contributed by atoms with Gasteiger partial charge in [0, 0.05) is 17.0 Å². The van der Waals surface area contributed by atoms with Crippen molar-refractivity contribution < 1.29 is 22.7 Å². The number of fused-ring (bicyclic) bond motifs is 1. The highest BCUT2D eigenvalue weighted by atomic mass is 35.5. The Morgan fingerprint density at radius 3 is 2.62 bits per heavy atom. The van der Waals surface area contributed by atoms with Crippen molar-refractivity contribution in [2.45, 2.75) is 17.2 Å². The number of ether oxygens (including phenoxy) is 2. The number of halogens is 1. The van der Waals surface area contributed by atoms with Crippen molar-refractivity contribution in [2.75, 3.05) is 13.2 Å². The van der Waals surface area contributed by atoms with Crippen LogP contribution in [0.2, 0.25) is 5.02 Å². The fourth-order valence-corrected chi connectivity index (χ4v) is 4.29. The van der Waals surface area contributed by atoms with Crippen LogP contribution in [0.1, 0.15) is 17.9 Å². The van der Waals surface area contributed by atoms with Gasteiger partial charge < -0.3 is 9.47 Å². The van der Waals surface area contributed by atoms with Crippen molar-refractivity contribution in [3.8, 4) is 11.5 Å². The van der Waals surface area contributed by atoms with Gasteiger partial charge in [-0.05, 0) is 42.2 Å². The van der Waals surface area contributed by atoms with Crippen LogP contribution >= 0.6 is 11.6 Å². The van der Waals surface area contributed by atoms with Gasteiger partial charge in [-0.15, -0.1) is 0 Å². The summed E-state index contributed by atoms with van der Waals surface area (Å²) in [5, 5.41) is 0.595. The maximum Gasteiger partial charge on any atom is 0.264 e. The van der Waals surface area contributed by atoms with Gasteiger partial charge in [0.2, 0.25) is 5.91 Å². The molecule has 1 N–H and O–H groups in total. The highest BCUT2D eigenvalue weighted by Crippen LogP contribution is 2.48. The van der Waals surface area contributed by atoms with Gasteiger partial charge in [0.1, 0.15) is 13.2 Å². The molecule has 2 atom stereocenters. The molecule has 0 unspecified atom stereocenters. The molecule has 0 bridgehead atoms. The number of benzene rings is 2. The van der Waals surface area contributed by atoms with E-state index in [-0.39, 0.29) is 16.7 Å². The number of nitrogens with one attached hydrogen (secondary N) is 1. The van der Waals surface area contributed by atoms with Crippen LogP contribution in [0.15, 0.2) is 47.4 Å². The summed E-state index contributed by atoms with van der Waals surface area (Å²) >= 11 is 5.97. The minimum absolute atomic E-state index is 0.0100. The minimum atomic E-state index is -3.97. The van der Waals surface area contributed by atoms with Crippen LogP contribution in [-0.4, -0.2) is 27.5 Å². The first-order chi connectivity index (χ1) is 12.4. The van der Waals surface area contributed by atoms with Crippen LogP contribution in [0.5, 0.6) is 11.5 Å². The summed E-state index contributed by atoms with van der Waals surface area (Å²) in [6.07, 6.45) is 0.600. The van der Waals surface area contributed by atoms with E-state index in [9.17, 15) is 13.2 Å². The largest absolute Gasteiger partial charge is 0.486 e. The molecule has 8 heteroatoms. The van der Waals surface area contributed by atoms with E-state index in [1.54, 1.807) is 12.1 Å². The monoisotopic (exact) mass is 393 g/mol. The minimum Gasteiger partial charge on any atom is -0.486 e. The lowest BCUT2D eigenvalue weighted by Crippen LogP contribution is -2.32. The van der Waals surface area contributed by atoms with Crippen molar-refractivity contribution in [3.63, 3.8) is 0 Å². The van der Waals surface area contributed by atoms with Crippen LogP contribution < -0.4 is 14.2 Å². The Morgan fingerprint density at radius 1 is 1.08 bits per heavy atom. The van der Waals surface area contributed by atoms with Gasteiger partial charge in [-0.25, -0.2) is 13.1 Å². The van der Waals surface area contributed by atoms with Gasteiger partial charge in [0.15, 0.2) is 11.5 Å². The topological polar surface area (TPSA) is 81.7 Å². The summed E-state index contributed by atoms with van der Waals surface area (Å²) < 4.78 is 37.9. The third-order valence-electron chi connectivity index (χ3n) is 4.46. The third kappa shape index (κ3) is 3.37. The zero-order valence-corrected chi connectivity index (χ0v) is 15.2. The van der Waals surface area contributed by atoms with Gasteiger partial charge in [-0.2, -0.15) is 0 Å². The first kappa shape index (κ1) is 17.2.